The zero-order valence-corrected chi connectivity index (χ0v) is 11.7. The lowest BCUT2D eigenvalue weighted by Crippen LogP contribution is -2.63. The zero-order valence-electron chi connectivity index (χ0n) is 11.0. The second-order valence-electron chi connectivity index (χ2n) is 5.07. The van der Waals surface area contributed by atoms with E-state index in [9.17, 15) is 4.79 Å². The summed E-state index contributed by atoms with van der Waals surface area (Å²) in [7, 11) is 3.29. The number of amides is 2. The number of hydrogen-bond acceptors (Lipinski definition) is 3. The van der Waals surface area contributed by atoms with Crippen molar-refractivity contribution in [3.8, 4) is 11.5 Å². The lowest BCUT2D eigenvalue weighted by molar-refractivity contribution is -0.0732. The minimum Gasteiger partial charge on any atom is -0.493 e. The Hall–Kier alpha value is -1.62. The predicted octanol–water partition coefficient (Wildman–Crippen LogP) is 2.54. The summed E-state index contributed by atoms with van der Waals surface area (Å²) >= 11 is 6.08. The van der Waals surface area contributed by atoms with Gasteiger partial charge in [0.25, 0.3) is 0 Å². The maximum atomic E-state index is 11.9. The number of carbonyl (C=O) groups is 1. The average Bonchev–Trinajstić information content (AvgIpc) is 2.36. The molecule has 0 radical (unpaired) electrons. The number of urea groups is 1. The van der Waals surface area contributed by atoms with Crippen LogP contribution < -0.4 is 14.8 Å². The average molecular weight is 283 g/mol. The van der Waals surface area contributed by atoms with Gasteiger partial charge in [0.05, 0.1) is 13.2 Å². The van der Waals surface area contributed by atoms with Crippen LogP contribution in [0.2, 0.25) is 5.02 Å². The van der Waals surface area contributed by atoms with E-state index in [4.69, 9.17) is 21.1 Å². The van der Waals surface area contributed by atoms with Gasteiger partial charge in [-0.15, -0.1) is 0 Å². The molecule has 2 aliphatic rings. The van der Waals surface area contributed by atoms with E-state index in [1.165, 1.54) is 0 Å². The van der Waals surface area contributed by atoms with Crippen LogP contribution in [0.1, 0.15) is 24.9 Å². The van der Waals surface area contributed by atoms with Crippen LogP contribution in [0.25, 0.3) is 0 Å². The molecule has 6 heteroatoms. The van der Waals surface area contributed by atoms with Gasteiger partial charge in [-0.2, -0.15) is 0 Å². The van der Waals surface area contributed by atoms with E-state index in [0.717, 1.165) is 5.56 Å². The molecule has 1 saturated heterocycles. The standard InChI is InChI=1S/C13H15ClN2O3/c1-13-6-9(15-12(17)16(13)2)8-4-7(14)5-10(18-3)11(8)19-13/h4-5,9H,6H2,1-3H3,(H,15,17). The molecule has 2 atom stereocenters. The van der Waals surface area contributed by atoms with Crippen molar-refractivity contribution in [3.63, 3.8) is 0 Å². The number of nitrogens with zero attached hydrogens (tertiary/aromatic N) is 1. The first-order chi connectivity index (χ1) is 8.94. The van der Waals surface area contributed by atoms with Crippen LogP contribution in [0.3, 0.4) is 0 Å². The summed E-state index contributed by atoms with van der Waals surface area (Å²) in [4.78, 5) is 13.5. The van der Waals surface area contributed by atoms with E-state index in [-0.39, 0.29) is 12.1 Å². The fourth-order valence-corrected chi connectivity index (χ4v) is 2.87. The van der Waals surface area contributed by atoms with Gasteiger partial charge in [-0.3, -0.25) is 4.90 Å². The van der Waals surface area contributed by atoms with E-state index in [1.54, 1.807) is 25.1 Å². The summed E-state index contributed by atoms with van der Waals surface area (Å²) in [5, 5.41) is 3.52. The third-order valence-electron chi connectivity index (χ3n) is 3.86. The van der Waals surface area contributed by atoms with Crippen LogP contribution in [0.4, 0.5) is 4.79 Å². The Balaban J connectivity index is 2.16. The van der Waals surface area contributed by atoms with Crippen LogP contribution in [-0.2, 0) is 0 Å². The number of benzene rings is 1. The van der Waals surface area contributed by atoms with Crippen LogP contribution in [-0.4, -0.2) is 30.8 Å². The molecule has 3 rings (SSSR count). The van der Waals surface area contributed by atoms with Gasteiger partial charge >= 0.3 is 6.03 Å². The summed E-state index contributed by atoms with van der Waals surface area (Å²) in [6.07, 6.45) is 0.672. The number of hydrogen-bond donors (Lipinski definition) is 1. The van der Waals surface area contributed by atoms with Crippen molar-refractivity contribution < 1.29 is 14.3 Å². The fraction of sp³-hybridized carbons (Fsp3) is 0.462. The third kappa shape index (κ3) is 1.72. The Bertz CT molecular complexity index is 563. The van der Waals surface area contributed by atoms with Crippen molar-refractivity contribution in [2.45, 2.75) is 25.1 Å². The van der Waals surface area contributed by atoms with E-state index >= 15 is 0 Å². The molecule has 0 saturated carbocycles. The highest BCUT2D eigenvalue weighted by atomic mass is 35.5. The summed E-state index contributed by atoms with van der Waals surface area (Å²) in [5.41, 5.74) is 0.199. The second kappa shape index (κ2) is 3.93. The molecule has 1 fully saturated rings. The molecule has 1 aromatic rings. The number of fused-ring (bicyclic) bond motifs is 4. The summed E-state index contributed by atoms with van der Waals surface area (Å²) in [5.74, 6) is 1.24. The first-order valence-corrected chi connectivity index (χ1v) is 6.43. The first kappa shape index (κ1) is 12.4. The van der Waals surface area contributed by atoms with Gasteiger partial charge in [0, 0.05) is 30.1 Å². The molecular formula is C13H15ClN2O3. The molecule has 2 heterocycles. The highest BCUT2D eigenvalue weighted by Crippen LogP contribution is 2.48. The van der Waals surface area contributed by atoms with Crippen molar-refractivity contribution in [3.05, 3.63) is 22.7 Å². The lowest BCUT2D eigenvalue weighted by atomic mass is 9.90. The van der Waals surface area contributed by atoms with Gasteiger partial charge in [0.1, 0.15) is 0 Å². The van der Waals surface area contributed by atoms with Gasteiger partial charge in [-0.05, 0) is 13.0 Å². The smallest absolute Gasteiger partial charge is 0.320 e. The summed E-state index contributed by atoms with van der Waals surface area (Å²) < 4.78 is 11.4. The molecule has 2 aliphatic heterocycles. The van der Waals surface area contributed by atoms with Crippen molar-refractivity contribution >= 4 is 17.6 Å². The minimum absolute atomic E-state index is 0.106. The quantitative estimate of drug-likeness (QED) is 0.861. The molecule has 0 aromatic heterocycles. The Morgan fingerprint density at radius 3 is 3.00 bits per heavy atom. The lowest BCUT2D eigenvalue weighted by Gasteiger charge is -2.49. The Labute approximate surface area is 116 Å². The number of carbonyl (C=O) groups excluding carboxylic acids is 1. The number of halogens is 1. The van der Waals surface area contributed by atoms with Gasteiger partial charge in [0.15, 0.2) is 17.2 Å². The fourth-order valence-electron chi connectivity index (χ4n) is 2.65. The third-order valence-corrected chi connectivity index (χ3v) is 4.08. The van der Waals surface area contributed by atoms with Crippen molar-refractivity contribution in [1.82, 2.24) is 10.2 Å². The molecule has 2 bridgehead atoms. The maximum Gasteiger partial charge on any atom is 0.320 e. The van der Waals surface area contributed by atoms with E-state index in [0.29, 0.717) is 22.9 Å². The normalized spacial score (nSPS) is 28.3. The molecule has 5 nitrogen and oxygen atoms in total. The van der Waals surface area contributed by atoms with E-state index in [1.807, 2.05) is 13.0 Å². The molecule has 2 amide bonds. The number of nitrogens with one attached hydrogen (secondary N) is 1. The second-order valence-corrected chi connectivity index (χ2v) is 5.51. The molecular weight excluding hydrogens is 268 g/mol. The number of rotatable bonds is 1. The van der Waals surface area contributed by atoms with Gasteiger partial charge < -0.3 is 14.8 Å². The topological polar surface area (TPSA) is 50.8 Å². The highest BCUT2D eigenvalue weighted by Gasteiger charge is 2.48. The summed E-state index contributed by atoms with van der Waals surface area (Å²) in [6, 6.07) is 3.27. The van der Waals surface area contributed by atoms with Crippen LogP contribution in [0.5, 0.6) is 11.5 Å². The number of methoxy groups -OCH3 is 1. The van der Waals surface area contributed by atoms with Gasteiger partial charge in [0.2, 0.25) is 0 Å². The molecule has 102 valence electrons. The van der Waals surface area contributed by atoms with Crippen molar-refractivity contribution in [2.75, 3.05) is 14.2 Å². The first-order valence-electron chi connectivity index (χ1n) is 6.05. The largest absolute Gasteiger partial charge is 0.493 e. The Morgan fingerprint density at radius 2 is 2.32 bits per heavy atom. The van der Waals surface area contributed by atoms with Gasteiger partial charge in [-0.25, -0.2) is 4.79 Å². The SMILES string of the molecule is COc1cc(Cl)cc2c1OC1(C)CC2NC(=O)N1C. The van der Waals surface area contributed by atoms with E-state index < -0.39 is 5.72 Å². The zero-order chi connectivity index (χ0) is 13.8. The molecule has 1 N–H and O–H groups in total. The van der Waals surface area contributed by atoms with E-state index in [2.05, 4.69) is 5.32 Å². The highest BCUT2D eigenvalue weighted by molar-refractivity contribution is 6.30. The maximum absolute atomic E-state index is 11.9. The molecule has 0 spiro atoms. The van der Waals surface area contributed by atoms with Crippen LogP contribution in [0, 0.1) is 0 Å². The Kier molecular flexibility index (Phi) is 2.57. The monoisotopic (exact) mass is 282 g/mol. The molecule has 2 unspecified atom stereocenters. The molecule has 0 aliphatic carbocycles. The molecule has 1 aromatic carbocycles. The molecule has 19 heavy (non-hydrogen) atoms. The van der Waals surface area contributed by atoms with Crippen LogP contribution in [0.15, 0.2) is 12.1 Å². The van der Waals surface area contributed by atoms with Crippen molar-refractivity contribution in [1.29, 1.82) is 0 Å². The number of ether oxygens (including phenoxy) is 2. The van der Waals surface area contributed by atoms with Crippen LogP contribution >= 0.6 is 11.6 Å². The minimum atomic E-state index is -0.666. The summed E-state index contributed by atoms with van der Waals surface area (Å²) in [6.45, 7) is 1.90. The predicted molar refractivity (Wildman–Crippen MR) is 70.7 cm³/mol. The van der Waals surface area contributed by atoms with Crippen molar-refractivity contribution in [2.24, 2.45) is 0 Å². The van der Waals surface area contributed by atoms with Gasteiger partial charge in [-0.1, -0.05) is 11.6 Å². The Morgan fingerprint density at radius 1 is 1.58 bits per heavy atom.